The van der Waals surface area contributed by atoms with Crippen molar-refractivity contribution in [2.24, 2.45) is 14.1 Å². The number of nitrogens with zero attached hydrogens (tertiary/aromatic N) is 2. The van der Waals surface area contributed by atoms with Crippen LogP contribution in [-0.2, 0) is 14.1 Å². The molecule has 27 heavy (non-hydrogen) atoms. The molecule has 0 radical (unpaired) electrons. The molecule has 2 amide bonds. The lowest BCUT2D eigenvalue weighted by atomic mass is 10.2. The number of nitrogens with one attached hydrogen (secondary N) is 2. The Hall–Kier alpha value is -3.56. The molecule has 2 aromatic heterocycles. The molecule has 0 aliphatic rings. The monoisotopic (exact) mass is 376 g/mol. The van der Waals surface area contributed by atoms with Gasteiger partial charge in [0.2, 0.25) is 0 Å². The molecule has 0 saturated carbocycles. The normalized spacial score (nSPS) is 10.4. The highest BCUT2D eigenvalue weighted by Crippen LogP contribution is 2.10. The number of rotatable bonds is 6. The van der Waals surface area contributed by atoms with Gasteiger partial charge in [0.15, 0.2) is 11.5 Å². The Labute approximate surface area is 153 Å². The van der Waals surface area contributed by atoms with Crippen molar-refractivity contribution in [2.75, 3.05) is 13.1 Å². The Balaban J connectivity index is 1.84. The fraction of sp³-hybridized carbons (Fsp3) is 0.294. The standard InChI is InChI=1S/C17H20N4O6/c1-20-8-4-10(12(22)16(20)26)14(24)18-6-3-7-19-15(25)11-5-9-21(2)17(27)13(11)23/h4-5,8-9,22-23H,3,6-7H2,1-2H3,(H,18,24)(H,19,25). The zero-order valence-electron chi connectivity index (χ0n) is 14.9. The summed E-state index contributed by atoms with van der Waals surface area (Å²) >= 11 is 0. The van der Waals surface area contributed by atoms with Crippen molar-refractivity contribution in [3.63, 3.8) is 0 Å². The summed E-state index contributed by atoms with van der Waals surface area (Å²) in [5.41, 5.74) is -1.62. The van der Waals surface area contributed by atoms with E-state index in [1.807, 2.05) is 0 Å². The Bertz CT molecular complexity index is 912. The number of carbonyl (C=O) groups excluding carboxylic acids is 2. The van der Waals surface area contributed by atoms with Crippen LogP contribution in [0.3, 0.4) is 0 Å². The van der Waals surface area contributed by atoms with Gasteiger partial charge in [0.1, 0.15) is 0 Å². The van der Waals surface area contributed by atoms with Crippen molar-refractivity contribution in [3.05, 3.63) is 56.4 Å². The van der Waals surface area contributed by atoms with E-state index in [0.717, 1.165) is 9.13 Å². The highest BCUT2D eigenvalue weighted by Gasteiger charge is 2.15. The molecule has 0 aliphatic heterocycles. The average Bonchev–Trinajstić information content (AvgIpc) is 2.63. The molecule has 0 bridgehead atoms. The summed E-state index contributed by atoms with van der Waals surface area (Å²) in [6, 6.07) is 2.65. The molecule has 0 saturated heterocycles. The van der Waals surface area contributed by atoms with Crippen LogP contribution in [0.5, 0.6) is 11.5 Å². The summed E-state index contributed by atoms with van der Waals surface area (Å²) in [7, 11) is 2.90. The highest BCUT2D eigenvalue weighted by atomic mass is 16.3. The fourth-order valence-corrected chi connectivity index (χ4v) is 2.28. The van der Waals surface area contributed by atoms with Gasteiger partial charge < -0.3 is 30.0 Å². The first kappa shape index (κ1) is 19.8. The van der Waals surface area contributed by atoms with Crippen molar-refractivity contribution in [3.8, 4) is 11.5 Å². The van der Waals surface area contributed by atoms with Gasteiger partial charge in [-0.2, -0.15) is 0 Å². The van der Waals surface area contributed by atoms with Gasteiger partial charge in [-0.3, -0.25) is 19.2 Å². The third kappa shape index (κ3) is 4.35. The van der Waals surface area contributed by atoms with Crippen LogP contribution in [0.2, 0.25) is 0 Å². The molecule has 10 heteroatoms. The SMILES string of the molecule is Cn1ccc(C(=O)NCCCNC(=O)c2ccn(C)c(=O)c2O)c(O)c1=O. The molecule has 0 atom stereocenters. The summed E-state index contributed by atoms with van der Waals surface area (Å²) in [5.74, 6) is -2.49. The molecule has 2 heterocycles. The molecule has 4 N–H and O–H groups in total. The number of carbonyl (C=O) groups is 2. The molecule has 0 aromatic carbocycles. The number of hydrogen-bond acceptors (Lipinski definition) is 6. The number of amides is 2. The van der Waals surface area contributed by atoms with Gasteiger partial charge in [0, 0.05) is 39.6 Å². The van der Waals surface area contributed by atoms with Crippen molar-refractivity contribution < 1.29 is 19.8 Å². The molecule has 0 unspecified atom stereocenters. The van der Waals surface area contributed by atoms with Crippen molar-refractivity contribution in [2.45, 2.75) is 6.42 Å². The average molecular weight is 376 g/mol. The third-order valence-electron chi connectivity index (χ3n) is 3.90. The smallest absolute Gasteiger partial charge is 0.293 e. The van der Waals surface area contributed by atoms with E-state index in [0.29, 0.717) is 6.42 Å². The number of pyridine rings is 2. The Kier molecular flexibility index (Phi) is 6.01. The molecule has 10 nitrogen and oxygen atoms in total. The highest BCUT2D eigenvalue weighted by molar-refractivity contribution is 5.97. The third-order valence-corrected chi connectivity index (χ3v) is 3.90. The van der Waals surface area contributed by atoms with Crippen LogP contribution in [0.4, 0.5) is 0 Å². The van der Waals surface area contributed by atoms with Crippen molar-refractivity contribution in [1.82, 2.24) is 19.8 Å². The lowest BCUT2D eigenvalue weighted by Gasteiger charge is -2.09. The van der Waals surface area contributed by atoms with Crippen LogP contribution in [-0.4, -0.2) is 44.3 Å². The zero-order valence-corrected chi connectivity index (χ0v) is 14.9. The van der Waals surface area contributed by atoms with E-state index in [2.05, 4.69) is 10.6 Å². The first-order valence-corrected chi connectivity index (χ1v) is 8.07. The maximum atomic E-state index is 12.0. The van der Waals surface area contributed by atoms with Gasteiger partial charge in [-0.1, -0.05) is 0 Å². The minimum Gasteiger partial charge on any atom is -0.502 e. The van der Waals surface area contributed by atoms with Crippen LogP contribution >= 0.6 is 0 Å². The summed E-state index contributed by atoms with van der Waals surface area (Å²) in [6.45, 7) is 0.354. The topological polar surface area (TPSA) is 143 Å². The van der Waals surface area contributed by atoms with E-state index in [1.165, 1.54) is 38.6 Å². The molecule has 2 aromatic rings. The van der Waals surface area contributed by atoms with E-state index in [4.69, 9.17) is 0 Å². The van der Waals surface area contributed by atoms with Crippen LogP contribution in [0.15, 0.2) is 34.1 Å². The van der Waals surface area contributed by atoms with E-state index in [1.54, 1.807) is 0 Å². The number of aromatic hydroxyl groups is 2. The predicted molar refractivity (Wildman–Crippen MR) is 96.0 cm³/mol. The lowest BCUT2D eigenvalue weighted by Crippen LogP contribution is -2.31. The lowest BCUT2D eigenvalue weighted by molar-refractivity contribution is 0.0949. The summed E-state index contributed by atoms with van der Waals surface area (Å²) in [4.78, 5) is 47.2. The Morgan fingerprint density at radius 3 is 1.59 bits per heavy atom. The van der Waals surface area contributed by atoms with Crippen LogP contribution in [0, 0.1) is 0 Å². The van der Waals surface area contributed by atoms with Crippen LogP contribution < -0.4 is 21.8 Å². The van der Waals surface area contributed by atoms with Crippen molar-refractivity contribution in [1.29, 1.82) is 0 Å². The predicted octanol–water partition coefficient (Wildman–Crippen LogP) is -0.955. The molecule has 0 aliphatic carbocycles. The molecular formula is C17H20N4O6. The number of aromatic nitrogens is 2. The number of aryl methyl sites for hydroxylation is 2. The summed E-state index contributed by atoms with van der Waals surface area (Å²) in [6.07, 6.45) is 3.09. The second-order valence-electron chi connectivity index (χ2n) is 5.85. The van der Waals surface area contributed by atoms with E-state index >= 15 is 0 Å². The molecule has 2 rings (SSSR count). The number of hydrogen-bond donors (Lipinski definition) is 4. The maximum absolute atomic E-state index is 12.0. The Morgan fingerprint density at radius 1 is 0.852 bits per heavy atom. The van der Waals surface area contributed by atoms with Gasteiger partial charge >= 0.3 is 0 Å². The Morgan fingerprint density at radius 2 is 1.22 bits per heavy atom. The minimum absolute atomic E-state index is 0.132. The first-order chi connectivity index (χ1) is 12.7. The minimum atomic E-state index is -0.677. The van der Waals surface area contributed by atoms with Gasteiger partial charge in [-0.05, 0) is 18.6 Å². The zero-order chi connectivity index (χ0) is 20.1. The summed E-state index contributed by atoms with van der Waals surface area (Å²) in [5, 5.41) is 24.5. The van der Waals surface area contributed by atoms with Gasteiger partial charge in [-0.25, -0.2) is 0 Å². The van der Waals surface area contributed by atoms with Crippen LogP contribution in [0.1, 0.15) is 27.1 Å². The largest absolute Gasteiger partial charge is 0.502 e. The fourth-order valence-electron chi connectivity index (χ4n) is 2.28. The summed E-state index contributed by atoms with van der Waals surface area (Å²) < 4.78 is 2.29. The molecule has 0 fully saturated rings. The van der Waals surface area contributed by atoms with E-state index in [9.17, 15) is 29.4 Å². The van der Waals surface area contributed by atoms with E-state index in [-0.39, 0.29) is 24.2 Å². The van der Waals surface area contributed by atoms with Crippen LogP contribution in [0.25, 0.3) is 0 Å². The maximum Gasteiger partial charge on any atom is 0.293 e. The van der Waals surface area contributed by atoms with Gasteiger partial charge in [0.05, 0.1) is 11.1 Å². The quantitative estimate of drug-likeness (QED) is 0.479. The first-order valence-electron chi connectivity index (χ1n) is 8.07. The second-order valence-corrected chi connectivity index (χ2v) is 5.85. The second kappa shape index (κ2) is 8.21. The van der Waals surface area contributed by atoms with Crippen molar-refractivity contribution >= 4 is 11.8 Å². The molecule has 0 spiro atoms. The molecule has 144 valence electrons. The van der Waals surface area contributed by atoms with Gasteiger partial charge in [-0.15, -0.1) is 0 Å². The van der Waals surface area contributed by atoms with E-state index < -0.39 is 34.4 Å². The van der Waals surface area contributed by atoms with Gasteiger partial charge in [0.25, 0.3) is 22.9 Å². The molecular weight excluding hydrogens is 356 g/mol.